The van der Waals surface area contributed by atoms with Gasteiger partial charge < -0.3 is 24.6 Å². The van der Waals surface area contributed by atoms with Crippen LogP contribution in [0.1, 0.15) is 13.3 Å². The molecule has 0 spiro atoms. The molecule has 1 aromatic rings. The maximum absolute atomic E-state index is 12.3. The number of anilines is 1. The Morgan fingerprint density at radius 3 is 2.42 bits per heavy atom. The fourth-order valence-electron chi connectivity index (χ4n) is 2.77. The maximum atomic E-state index is 12.3. The van der Waals surface area contributed by atoms with Gasteiger partial charge in [-0.25, -0.2) is 0 Å². The Balaban J connectivity index is 1.86. The van der Waals surface area contributed by atoms with Crippen LogP contribution in [0.25, 0.3) is 0 Å². The summed E-state index contributed by atoms with van der Waals surface area (Å²) in [6, 6.07) is 3.49. The minimum atomic E-state index is 0.179. The number of nitrogens with zero attached hydrogens (tertiary/aromatic N) is 2. The Kier molecular flexibility index (Phi) is 6.99. The van der Waals surface area contributed by atoms with Crippen molar-refractivity contribution in [3.63, 3.8) is 0 Å². The summed E-state index contributed by atoms with van der Waals surface area (Å²) in [4.78, 5) is 16.6. The molecule has 2 rings (SSSR count). The Morgan fingerprint density at radius 1 is 1.17 bits per heavy atom. The summed E-state index contributed by atoms with van der Waals surface area (Å²) in [7, 11) is 3.15. The number of benzene rings is 1. The molecule has 6 nitrogen and oxygen atoms in total. The van der Waals surface area contributed by atoms with E-state index in [0.717, 1.165) is 38.4 Å². The van der Waals surface area contributed by atoms with Gasteiger partial charge in [0.25, 0.3) is 0 Å². The second-order valence-corrected chi connectivity index (χ2v) is 6.09. The van der Waals surface area contributed by atoms with Gasteiger partial charge in [0.15, 0.2) is 0 Å². The third kappa shape index (κ3) is 4.68. The highest BCUT2D eigenvalue weighted by Gasteiger charge is 2.19. The molecule has 0 atom stereocenters. The Labute approximate surface area is 148 Å². The third-order valence-electron chi connectivity index (χ3n) is 4.30. The molecule has 1 heterocycles. The molecule has 7 heteroatoms. The first-order valence-electron chi connectivity index (χ1n) is 8.24. The number of carbonyl (C=O) groups is 1. The molecule has 0 bridgehead atoms. The summed E-state index contributed by atoms with van der Waals surface area (Å²) < 4.78 is 10.5. The first-order chi connectivity index (χ1) is 11.6. The predicted molar refractivity (Wildman–Crippen MR) is 96.4 cm³/mol. The van der Waals surface area contributed by atoms with Gasteiger partial charge in [-0.05, 0) is 6.54 Å². The lowest BCUT2D eigenvalue weighted by atomic mass is 10.2. The molecular weight excluding hydrogens is 330 g/mol. The van der Waals surface area contributed by atoms with Crippen molar-refractivity contribution in [3.8, 4) is 11.5 Å². The van der Waals surface area contributed by atoms with Gasteiger partial charge in [0, 0.05) is 51.3 Å². The molecule has 0 saturated carbocycles. The minimum absolute atomic E-state index is 0.179. The van der Waals surface area contributed by atoms with Crippen molar-refractivity contribution in [3.05, 3.63) is 17.2 Å². The lowest BCUT2D eigenvalue weighted by Crippen LogP contribution is -2.48. The zero-order valence-corrected chi connectivity index (χ0v) is 15.4. The topological polar surface area (TPSA) is 54.0 Å². The molecule has 1 aromatic carbocycles. The quantitative estimate of drug-likeness (QED) is 0.813. The molecule has 0 unspecified atom stereocenters. The second kappa shape index (κ2) is 8.99. The molecule has 1 aliphatic rings. The number of likely N-dealkylation sites (N-methyl/N-ethyl adjacent to an activating group) is 1. The molecule has 1 fully saturated rings. The number of hydrogen-bond acceptors (Lipinski definition) is 5. The lowest BCUT2D eigenvalue weighted by Gasteiger charge is -2.34. The van der Waals surface area contributed by atoms with Crippen LogP contribution in [0.3, 0.4) is 0 Å². The van der Waals surface area contributed by atoms with E-state index in [1.54, 1.807) is 26.4 Å². The van der Waals surface area contributed by atoms with Crippen molar-refractivity contribution >= 4 is 23.2 Å². The largest absolute Gasteiger partial charge is 0.495 e. The van der Waals surface area contributed by atoms with E-state index in [2.05, 4.69) is 17.1 Å². The minimum Gasteiger partial charge on any atom is -0.495 e. The second-order valence-electron chi connectivity index (χ2n) is 5.68. The molecule has 1 amide bonds. The normalized spacial score (nSPS) is 15.2. The summed E-state index contributed by atoms with van der Waals surface area (Å²) in [6.45, 7) is 7.26. The van der Waals surface area contributed by atoms with Crippen LogP contribution in [0.15, 0.2) is 12.1 Å². The van der Waals surface area contributed by atoms with Crippen LogP contribution in [-0.2, 0) is 4.79 Å². The van der Waals surface area contributed by atoms with Gasteiger partial charge in [0.2, 0.25) is 5.91 Å². The van der Waals surface area contributed by atoms with Crippen LogP contribution in [0.2, 0.25) is 5.02 Å². The van der Waals surface area contributed by atoms with Gasteiger partial charge in [-0.2, -0.15) is 0 Å². The van der Waals surface area contributed by atoms with Gasteiger partial charge in [0.1, 0.15) is 11.5 Å². The van der Waals surface area contributed by atoms with E-state index < -0.39 is 0 Å². The first kappa shape index (κ1) is 18.7. The van der Waals surface area contributed by atoms with Crippen molar-refractivity contribution in [1.29, 1.82) is 0 Å². The number of nitrogens with one attached hydrogen (secondary N) is 1. The number of hydrogen-bond donors (Lipinski definition) is 1. The Hall–Kier alpha value is -1.66. The maximum Gasteiger partial charge on any atom is 0.224 e. The molecule has 24 heavy (non-hydrogen) atoms. The van der Waals surface area contributed by atoms with Crippen LogP contribution in [0.5, 0.6) is 11.5 Å². The SMILES string of the molecule is CCN1CCN(C(=O)CCNc2cc(OC)c(Cl)cc2OC)CC1. The highest BCUT2D eigenvalue weighted by molar-refractivity contribution is 6.32. The molecular formula is C17H26ClN3O3. The van der Waals surface area contributed by atoms with E-state index >= 15 is 0 Å². The summed E-state index contributed by atoms with van der Waals surface area (Å²) in [5.74, 6) is 1.38. The van der Waals surface area contributed by atoms with Crippen LogP contribution < -0.4 is 14.8 Å². The van der Waals surface area contributed by atoms with E-state index in [4.69, 9.17) is 21.1 Å². The molecule has 1 saturated heterocycles. The fraction of sp³-hybridized carbons (Fsp3) is 0.588. The summed E-state index contributed by atoms with van der Waals surface area (Å²) in [6.07, 6.45) is 0.445. The third-order valence-corrected chi connectivity index (χ3v) is 4.60. The average Bonchev–Trinajstić information content (AvgIpc) is 2.62. The van der Waals surface area contributed by atoms with Crippen molar-refractivity contribution in [2.75, 3.05) is 58.8 Å². The molecule has 134 valence electrons. The fourth-order valence-corrected chi connectivity index (χ4v) is 3.01. The average molecular weight is 356 g/mol. The standard InChI is InChI=1S/C17H26ClN3O3/c1-4-20-7-9-21(10-8-20)17(22)5-6-19-14-12-15(23-2)13(18)11-16(14)24-3/h11-12,19H,4-10H2,1-3H3. The van der Waals surface area contributed by atoms with E-state index in [-0.39, 0.29) is 5.91 Å². The number of methoxy groups -OCH3 is 2. The van der Waals surface area contributed by atoms with Crippen molar-refractivity contribution in [2.24, 2.45) is 0 Å². The number of ether oxygens (including phenoxy) is 2. The van der Waals surface area contributed by atoms with Gasteiger partial charge in [-0.3, -0.25) is 4.79 Å². The molecule has 1 N–H and O–H groups in total. The van der Waals surface area contributed by atoms with Crippen LogP contribution in [0.4, 0.5) is 5.69 Å². The molecule has 1 aliphatic heterocycles. The number of piperazine rings is 1. The molecule has 0 aliphatic carbocycles. The predicted octanol–water partition coefficient (Wildman–Crippen LogP) is 2.32. The van der Waals surface area contributed by atoms with Crippen molar-refractivity contribution in [2.45, 2.75) is 13.3 Å². The lowest BCUT2D eigenvalue weighted by molar-refractivity contribution is -0.132. The van der Waals surface area contributed by atoms with Gasteiger partial charge in [-0.15, -0.1) is 0 Å². The highest BCUT2D eigenvalue weighted by atomic mass is 35.5. The first-order valence-corrected chi connectivity index (χ1v) is 8.62. The van der Waals surface area contributed by atoms with E-state index in [0.29, 0.717) is 29.5 Å². The van der Waals surface area contributed by atoms with Gasteiger partial charge in [-0.1, -0.05) is 18.5 Å². The Morgan fingerprint density at radius 2 is 1.83 bits per heavy atom. The van der Waals surface area contributed by atoms with E-state index in [9.17, 15) is 4.79 Å². The number of amides is 1. The van der Waals surface area contributed by atoms with Gasteiger partial charge in [0.05, 0.1) is 24.9 Å². The summed E-state index contributed by atoms with van der Waals surface area (Å²) in [5, 5.41) is 3.73. The van der Waals surface area contributed by atoms with Crippen LogP contribution in [-0.4, -0.2) is 69.2 Å². The van der Waals surface area contributed by atoms with E-state index in [1.165, 1.54) is 0 Å². The smallest absolute Gasteiger partial charge is 0.224 e. The molecule has 0 radical (unpaired) electrons. The number of halogens is 1. The van der Waals surface area contributed by atoms with Crippen LogP contribution >= 0.6 is 11.6 Å². The van der Waals surface area contributed by atoms with Crippen molar-refractivity contribution < 1.29 is 14.3 Å². The molecule has 0 aromatic heterocycles. The van der Waals surface area contributed by atoms with Gasteiger partial charge >= 0.3 is 0 Å². The van der Waals surface area contributed by atoms with Crippen molar-refractivity contribution in [1.82, 2.24) is 9.80 Å². The monoisotopic (exact) mass is 355 g/mol. The van der Waals surface area contributed by atoms with Crippen LogP contribution in [0, 0.1) is 0 Å². The number of rotatable bonds is 7. The highest BCUT2D eigenvalue weighted by Crippen LogP contribution is 2.35. The summed E-state index contributed by atoms with van der Waals surface area (Å²) >= 11 is 6.09. The number of carbonyl (C=O) groups excluding carboxylic acids is 1. The zero-order valence-electron chi connectivity index (χ0n) is 14.6. The zero-order chi connectivity index (χ0) is 17.5. The summed E-state index contributed by atoms with van der Waals surface area (Å²) in [5.41, 5.74) is 0.766. The Bertz CT molecular complexity index is 560. The van der Waals surface area contributed by atoms with E-state index in [1.807, 2.05) is 4.90 Å².